The number of hydrogen-bond donors (Lipinski definition) is 0. The Morgan fingerprint density at radius 1 is 0.122 bits per heavy atom. The van der Waals surface area contributed by atoms with Gasteiger partial charge in [-0.2, -0.15) is 0 Å². The van der Waals surface area contributed by atoms with E-state index in [2.05, 4.69) is 459 Å². The van der Waals surface area contributed by atoms with E-state index in [1.165, 1.54) is 66.1 Å². The van der Waals surface area contributed by atoms with Crippen LogP contribution in [-0.2, 0) is 0 Å². The minimum atomic E-state index is 0.459. The normalized spacial score (nSPS) is 11.5. The molecular formula is C135H87N13. The first-order valence-electron chi connectivity index (χ1n) is 49.7. The Balaban J connectivity index is 0.000000146. The van der Waals surface area contributed by atoms with E-state index in [4.69, 9.17) is 34.9 Å². The lowest BCUT2D eigenvalue weighted by molar-refractivity contribution is 1.04. The molecule has 0 unspecified atom stereocenters. The van der Waals surface area contributed by atoms with Crippen molar-refractivity contribution in [2.24, 2.45) is 0 Å². The van der Waals surface area contributed by atoms with Crippen LogP contribution in [0.3, 0.4) is 0 Å². The molecule has 10 aromatic heterocycles. The maximum atomic E-state index is 5.40. The Morgan fingerprint density at radius 3 is 0.534 bits per heavy atom. The average molecular weight is 1890 g/mol. The van der Waals surface area contributed by atoms with Crippen LogP contribution in [0, 0.1) is 0 Å². The molecule has 0 saturated carbocycles. The van der Waals surface area contributed by atoms with Crippen LogP contribution < -0.4 is 0 Å². The minimum Gasteiger partial charge on any atom is -0.309 e. The number of pyridine rings is 4. The van der Waals surface area contributed by atoms with Crippen LogP contribution in [0.4, 0.5) is 0 Å². The third kappa shape index (κ3) is 16.2. The quantitative estimate of drug-likeness (QED) is 0.0822. The number of fused-ring (bicyclic) bond motifs is 12. The van der Waals surface area contributed by atoms with Crippen molar-refractivity contribution >= 4 is 87.2 Å². The Bertz CT molecular complexity index is 8390. The maximum Gasteiger partial charge on any atom is 0.182 e. The standard InChI is InChI=1S/C68H44N6.C67H43N7/c1-5-13-45(14-6-1)51-21-25-64-58(39-51)59-40-52(46-15-7-2-8-16-46)22-26-65(59)73(64)56-37-55(68-71-62(49-29-33-69-34-30-49)44-63(72-68)50-31-35-70-36-32-50)38-57(43-56)74-66-27-23-53(47-17-9-3-10-18-47)41-60(66)61-42-54(24-28-67(61)74)48-19-11-4-12-20-48;1-5-17-44(18-6-1)48-27-31-61-55(39-48)56-40-49(45-19-7-2-8-20-45)28-32-62(56)73(61)53-37-52(65-70-66(59-25-13-15-35-68-59)72-67(71-65)60-26-14-16-36-69-60)38-54(43-53)74-63-33-29-50(46-21-9-3-10-22-46)41-57(63)58-42-51(30-34-64(58)74)47-23-11-4-12-24-47/h1-44H;1-43H. The molecule has 18 aromatic carbocycles. The monoisotopic (exact) mass is 1890 g/mol. The fourth-order valence-electron chi connectivity index (χ4n) is 21.3. The van der Waals surface area contributed by atoms with E-state index >= 15 is 0 Å². The SMILES string of the molecule is c1ccc(-c2ccc3c(c2)c2cc(-c4ccccc4)ccc2n3-c2cc(-c3nc(-c4ccccn4)nc(-c4ccccn4)n3)cc(-n3c4ccc(-c5ccccc5)cc4c4cc(-c5ccccc5)ccc43)c2)cc1.c1ccc(-c2ccc3c(c2)c2cc(-c4ccccc4)ccc2n3-c2cc(-c3nc(-c4ccncc4)cc(-c4ccncc4)n3)cc(-n3c4ccc(-c5ccccc5)cc4c4cc(-c5ccccc5)ccc43)c2)cc1. The van der Waals surface area contributed by atoms with Crippen LogP contribution in [0.15, 0.2) is 529 Å². The summed E-state index contributed by atoms with van der Waals surface area (Å²) in [6.07, 6.45) is 10.8. The molecule has 0 atom stereocenters. The summed E-state index contributed by atoms with van der Waals surface area (Å²) in [5, 5.41) is 9.28. The van der Waals surface area contributed by atoms with E-state index < -0.39 is 0 Å². The molecule has 10 heterocycles. The van der Waals surface area contributed by atoms with Gasteiger partial charge >= 0.3 is 0 Å². The van der Waals surface area contributed by atoms with Crippen LogP contribution in [0.1, 0.15) is 0 Å². The van der Waals surface area contributed by atoms with Gasteiger partial charge in [0.1, 0.15) is 11.4 Å². The molecule has 13 heteroatoms. The predicted molar refractivity (Wildman–Crippen MR) is 606 cm³/mol. The number of benzene rings is 18. The van der Waals surface area contributed by atoms with Crippen molar-refractivity contribution in [1.29, 1.82) is 0 Å². The van der Waals surface area contributed by atoms with Crippen LogP contribution in [-0.4, -0.2) is 63.1 Å². The van der Waals surface area contributed by atoms with Crippen LogP contribution in [0.25, 0.3) is 267 Å². The van der Waals surface area contributed by atoms with Gasteiger partial charge in [0.25, 0.3) is 0 Å². The van der Waals surface area contributed by atoms with E-state index in [9.17, 15) is 0 Å². The average Bonchev–Trinajstić information content (AvgIpc) is 1.57. The van der Waals surface area contributed by atoms with Gasteiger partial charge in [0, 0.05) is 125 Å². The third-order valence-electron chi connectivity index (χ3n) is 28.4. The molecule has 0 bridgehead atoms. The summed E-state index contributed by atoms with van der Waals surface area (Å²) in [7, 11) is 0. The summed E-state index contributed by atoms with van der Waals surface area (Å²) in [6.45, 7) is 0. The highest BCUT2D eigenvalue weighted by atomic mass is 15.1. The lowest BCUT2D eigenvalue weighted by Gasteiger charge is -2.16. The number of rotatable bonds is 18. The molecule has 148 heavy (non-hydrogen) atoms. The zero-order chi connectivity index (χ0) is 97.9. The van der Waals surface area contributed by atoms with E-state index in [0.717, 1.165) is 167 Å². The van der Waals surface area contributed by atoms with Crippen molar-refractivity contribution in [2.45, 2.75) is 0 Å². The Morgan fingerprint density at radius 2 is 0.324 bits per heavy atom. The molecular weight excluding hydrogens is 1800 g/mol. The summed E-state index contributed by atoms with van der Waals surface area (Å²) in [5.74, 6) is 2.02. The molecule has 0 aliphatic carbocycles. The molecule has 0 saturated heterocycles. The number of hydrogen-bond acceptors (Lipinski definition) is 9. The molecule has 692 valence electrons. The van der Waals surface area contributed by atoms with Gasteiger partial charge < -0.3 is 18.3 Å². The van der Waals surface area contributed by atoms with Crippen LogP contribution in [0.5, 0.6) is 0 Å². The van der Waals surface area contributed by atoms with Gasteiger partial charge in [-0.1, -0.05) is 303 Å². The van der Waals surface area contributed by atoms with Crippen molar-refractivity contribution in [1.82, 2.24) is 63.1 Å². The zero-order valence-electron chi connectivity index (χ0n) is 80.0. The first kappa shape index (κ1) is 86.9. The second-order valence-corrected chi connectivity index (χ2v) is 37.3. The van der Waals surface area contributed by atoms with Crippen molar-refractivity contribution in [3.63, 3.8) is 0 Å². The second-order valence-electron chi connectivity index (χ2n) is 37.3. The fraction of sp³-hybridized carbons (Fsp3) is 0. The molecule has 0 aliphatic rings. The van der Waals surface area contributed by atoms with Gasteiger partial charge in [-0.15, -0.1) is 0 Å². The largest absolute Gasteiger partial charge is 0.309 e. The summed E-state index contributed by atoms with van der Waals surface area (Å²) in [5.41, 5.74) is 37.7. The maximum absolute atomic E-state index is 5.40. The first-order valence-corrected chi connectivity index (χ1v) is 49.7. The van der Waals surface area contributed by atoms with E-state index in [0.29, 0.717) is 34.7 Å². The third-order valence-corrected chi connectivity index (χ3v) is 28.4. The molecule has 13 nitrogen and oxygen atoms in total. The predicted octanol–water partition coefficient (Wildman–Crippen LogP) is 33.7. The number of nitrogens with zero attached hydrogens (tertiary/aromatic N) is 13. The minimum absolute atomic E-state index is 0.459. The smallest absolute Gasteiger partial charge is 0.182 e. The lowest BCUT2D eigenvalue weighted by atomic mass is 10.0. The van der Waals surface area contributed by atoms with Crippen molar-refractivity contribution < 1.29 is 0 Å². The van der Waals surface area contributed by atoms with E-state index in [-0.39, 0.29) is 0 Å². The molecule has 0 spiro atoms. The lowest BCUT2D eigenvalue weighted by Crippen LogP contribution is -2.04. The molecule has 28 rings (SSSR count). The van der Waals surface area contributed by atoms with Crippen molar-refractivity contribution in [3.05, 3.63) is 529 Å². The summed E-state index contributed by atoms with van der Waals surface area (Å²) in [4.78, 5) is 44.4. The first-order chi connectivity index (χ1) is 73.3. The molecule has 0 N–H and O–H groups in total. The van der Waals surface area contributed by atoms with Gasteiger partial charge in [0.05, 0.1) is 55.5 Å². The Labute approximate surface area is 853 Å². The van der Waals surface area contributed by atoms with E-state index in [1.807, 2.05) is 85.5 Å². The molecule has 28 aromatic rings. The fourth-order valence-corrected chi connectivity index (χ4v) is 21.3. The van der Waals surface area contributed by atoms with Gasteiger partial charge in [0.2, 0.25) is 0 Å². The van der Waals surface area contributed by atoms with Crippen LogP contribution >= 0.6 is 0 Å². The molecule has 0 fully saturated rings. The van der Waals surface area contributed by atoms with Crippen molar-refractivity contribution in [3.8, 4) is 180 Å². The zero-order valence-corrected chi connectivity index (χ0v) is 80.0. The Kier molecular flexibility index (Phi) is 21.9. The van der Waals surface area contributed by atoms with Gasteiger partial charge in [0.15, 0.2) is 23.3 Å². The summed E-state index contributed by atoms with van der Waals surface area (Å²) >= 11 is 0. The highest BCUT2D eigenvalue weighted by Gasteiger charge is 2.27. The van der Waals surface area contributed by atoms with Gasteiger partial charge in [-0.05, 0) is 277 Å². The summed E-state index contributed by atoms with van der Waals surface area (Å²) in [6, 6.07) is 175. The highest BCUT2D eigenvalue weighted by molar-refractivity contribution is 6.16. The number of aromatic nitrogens is 13. The van der Waals surface area contributed by atoms with E-state index in [1.54, 1.807) is 12.4 Å². The Hall–Kier alpha value is -20.2. The summed E-state index contributed by atoms with van der Waals surface area (Å²) < 4.78 is 9.65. The highest BCUT2D eigenvalue weighted by Crippen LogP contribution is 2.47. The molecule has 0 amide bonds. The van der Waals surface area contributed by atoms with Crippen molar-refractivity contribution in [2.75, 3.05) is 0 Å². The molecule has 0 radical (unpaired) electrons. The van der Waals surface area contributed by atoms with Crippen LogP contribution in [0.2, 0.25) is 0 Å². The van der Waals surface area contributed by atoms with Gasteiger partial charge in [-0.3, -0.25) is 19.9 Å². The topological polar surface area (TPSA) is 136 Å². The second kappa shape index (κ2) is 37.4. The van der Waals surface area contributed by atoms with Gasteiger partial charge in [-0.25, -0.2) is 24.9 Å². The molecule has 0 aliphatic heterocycles.